The minimum atomic E-state index is -3.86. The van der Waals surface area contributed by atoms with Gasteiger partial charge in [0, 0.05) is 24.3 Å². The van der Waals surface area contributed by atoms with Gasteiger partial charge >= 0.3 is 0 Å². The lowest BCUT2D eigenvalue weighted by atomic mass is 9.93. The van der Waals surface area contributed by atoms with Crippen LogP contribution in [0.5, 0.6) is 0 Å². The normalized spacial score (nSPS) is 20.1. The van der Waals surface area contributed by atoms with Gasteiger partial charge in [-0.1, -0.05) is 38.3 Å². The molecule has 4 N–H and O–H groups in total. The standard InChI is InChI=1S/C28H39N7O4S/c1-2-3-16-29-28-30-17-24-26(34-35(27(24)33-28)21-10-12-22(36)13-11-21)19-8-14-23(15-9-19)40(38,39)31-18-25(37)32-20-6-4-5-7-20/h8-9,14-15,17,20-22,31,36H,2-7,10-13,16,18H2,1H3,(H,32,37)(H,29,30,33). The maximum Gasteiger partial charge on any atom is 0.241 e. The molecule has 0 bridgehead atoms. The summed E-state index contributed by atoms with van der Waals surface area (Å²) >= 11 is 0. The van der Waals surface area contributed by atoms with E-state index in [1.807, 2.05) is 4.68 Å². The fourth-order valence-electron chi connectivity index (χ4n) is 5.54. The Kier molecular flexibility index (Phi) is 8.97. The van der Waals surface area contributed by atoms with E-state index in [9.17, 15) is 18.3 Å². The van der Waals surface area contributed by atoms with Gasteiger partial charge < -0.3 is 15.7 Å². The second-order valence-corrected chi connectivity index (χ2v) is 12.6. The van der Waals surface area contributed by atoms with Crippen LogP contribution in [0, 0.1) is 0 Å². The molecule has 0 atom stereocenters. The number of amides is 1. The molecule has 40 heavy (non-hydrogen) atoms. The van der Waals surface area contributed by atoms with E-state index in [0.29, 0.717) is 24.5 Å². The molecule has 0 aliphatic heterocycles. The third kappa shape index (κ3) is 6.61. The molecule has 12 heteroatoms. The summed E-state index contributed by atoms with van der Waals surface area (Å²) in [4.78, 5) is 21.6. The number of sulfonamides is 1. The first-order chi connectivity index (χ1) is 19.3. The van der Waals surface area contributed by atoms with Gasteiger partial charge in [-0.05, 0) is 57.1 Å². The molecule has 3 aromatic rings. The van der Waals surface area contributed by atoms with Gasteiger partial charge in [0.05, 0.1) is 29.0 Å². The molecule has 2 aliphatic carbocycles. The zero-order valence-electron chi connectivity index (χ0n) is 23.0. The molecule has 216 valence electrons. The van der Waals surface area contributed by atoms with Crippen LogP contribution in [-0.2, 0) is 14.8 Å². The van der Waals surface area contributed by atoms with Crippen LogP contribution >= 0.6 is 0 Å². The number of carbonyl (C=O) groups excluding carboxylic acids is 1. The molecule has 1 aromatic carbocycles. The zero-order valence-corrected chi connectivity index (χ0v) is 23.8. The van der Waals surface area contributed by atoms with Crippen LogP contribution in [0.2, 0.25) is 0 Å². The number of unbranched alkanes of at least 4 members (excludes halogenated alkanes) is 1. The number of rotatable bonds is 11. The van der Waals surface area contributed by atoms with E-state index in [-0.39, 0.29) is 35.5 Å². The van der Waals surface area contributed by atoms with Gasteiger partial charge in [-0.25, -0.2) is 22.8 Å². The van der Waals surface area contributed by atoms with E-state index in [1.54, 1.807) is 18.3 Å². The second-order valence-electron chi connectivity index (χ2n) is 10.9. The number of nitrogens with zero attached hydrogens (tertiary/aromatic N) is 4. The van der Waals surface area contributed by atoms with Gasteiger partial charge in [-0.3, -0.25) is 4.79 Å². The number of carbonyl (C=O) groups is 1. The number of hydrogen-bond acceptors (Lipinski definition) is 8. The van der Waals surface area contributed by atoms with E-state index in [1.165, 1.54) is 12.1 Å². The third-order valence-corrected chi connectivity index (χ3v) is 9.27. The highest BCUT2D eigenvalue weighted by molar-refractivity contribution is 7.89. The number of nitrogens with one attached hydrogen (secondary N) is 3. The Labute approximate surface area is 235 Å². The van der Waals surface area contributed by atoms with Crippen LogP contribution in [0.25, 0.3) is 22.3 Å². The number of anilines is 1. The summed E-state index contributed by atoms with van der Waals surface area (Å²) in [7, 11) is -3.86. The summed E-state index contributed by atoms with van der Waals surface area (Å²) in [5, 5.41) is 21.9. The maximum absolute atomic E-state index is 12.9. The highest BCUT2D eigenvalue weighted by atomic mass is 32.2. The molecule has 0 saturated heterocycles. The van der Waals surface area contributed by atoms with Crippen molar-refractivity contribution in [2.24, 2.45) is 0 Å². The maximum atomic E-state index is 12.9. The molecule has 2 fully saturated rings. The van der Waals surface area contributed by atoms with Crippen LogP contribution in [0.15, 0.2) is 35.4 Å². The first-order valence-corrected chi connectivity index (χ1v) is 15.9. The lowest BCUT2D eigenvalue weighted by Crippen LogP contribution is -2.40. The Morgan fingerprint density at radius 3 is 2.50 bits per heavy atom. The molecule has 5 rings (SSSR count). The quantitative estimate of drug-likeness (QED) is 0.256. The molecule has 2 heterocycles. The predicted octanol–water partition coefficient (Wildman–Crippen LogP) is 3.52. The summed E-state index contributed by atoms with van der Waals surface area (Å²) in [6.45, 7) is 2.62. The summed E-state index contributed by atoms with van der Waals surface area (Å²) in [5.41, 5.74) is 2.14. The first-order valence-electron chi connectivity index (χ1n) is 14.4. The van der Waals surface area contributed by atoms with E-state index >= 15 is 0 Å². The topological polar surface area (TPSA) is 151 Å². The fraction of sp³-hybridized carbons (Fsp3) is 0.571. The lowest BCUT2D eigenvalue weighted by Gasteiger charge is -2.25. The van der Waals surface area contributed by atoms with Gasteiger partial charge in [0.15, 0.2) is 5.65 Å². The van der Waals surface area contributed by atoms with Crippen LogP contribution in [0.1, 0.15) is 77.2 Å². The van der Waals surface area contributed by atoms with Crippen molar-refractivity contribution in [3.63, 3.8) is 0 Å². The molecule has 2 saturated carbocycles. The number of aliphatic hydroxyl groups is 1. The Morgan fingerprint density at radius 1 is 1.07 bits per heavy atom. The SMILES string of the molecule is CCCCNc1ncc2c(-c3ccc(S(=O)(=O)NCC(=O)NC4CCCC4)cc3)nn(C3CCC(O)CC3)c2n1. The summed E-state index contributed by atoms with van der Waals surface area (Å²) in [6, 6.07) is 6.73. The zero-order chi connectivity index (χ0) is 28.1. The Bertz CT molecular complexity index is 1410. The Morgan fingerprint density at radius 2 is 1.80 bits per heavy atom. The summed E-state index contributed by atoms with van der Waals surface area (Å²) in [6.07, 6.45) is 10.7. The van der Waals surface area contributed by atoms with Crippen molar-refractivity contribution in [3.8, 4) is 11.3 Å². The van der Waals surface area contributed by atoms with Crippen LogP contribution in [0.4, 0.5) is 5.95 Å². The highest BCUT2D eigenvalue weighted by Crippen LogP contribution is 2.34. The monoisotopic (exact) mass is 569 g/mol. The number of aromatic nitrogens is 4. The van der Waals surface area contributed by atoms with Crippen molar-refractivity contribution < 1.29 is 18.3 Å². The average molecular weight is 570 g/mol. The van der Waals surface area contributed by atoms with E-state index in [0.717, 1.165) is 74.5 Å². The molecular weight excluding hydrogens is 530 g/mol. The van der Waals surface area contributed by atoms with Crippen molar-refractivity contribution in [2.45, 2.75) is 94.2 Å². The third-order valence-electron chi connectivity index (χ3n) is 7.86. The average Bonchev–Trinajstić information content (AvgIpc) is 3.61. The Hall–Kier alpha value is -3.09. The Balaban J connectivity index is 1.36. The van der Waals surface area contributed by atoms with Crippen molar-refractivity contribution in [1.82, 2.24) is 29.8 Å². The van der Waals surface area contributed by atoms with Gasteiger partial charge in [-0.2, -0.15) is 10.1 Å². The predicted molar refractivity (Wildman–Crippen MR) is 153 cm³/mol. The van der Waals surface area contributed by atoms with Crippen molar-refractivity contribution in [1.29, 1.82) is 0 Å². The van der Waals surface area contributed by atoms with Crippen LogP contribution < -0.4 is 15.4 Å². The molecule has 2 aliphatic rings. The number of benzene rings is 1. The van der Waals surface area contributed by atoms with Crippen molar-refractivity contribution in [3.05, 3.63) is 30.5 Å². The minimum absolute atomic E-state index is 0.0774. The fourth-order valence-corrected chi connectivity index (χ4v) is 6.52. The minimum Gasteiger partial charge on any atom is -0.393 e. The molecular formula is C28H39N7O4S. The van der Waals surface area contributed by atoms with E-state index in [4.69, 9.17) is 10.1 Å². The molecule has 1 amide bonds. The van der Waals surface area contributed by atoms with Gasteiger partial charge in [0.25, 0.3) is 0 Å². The molecule has 11 nitrogen and oxygen atoms in total. The van der Waals surface area contributed by atoms with Crippen LogP contribution in [-0.4, -0.2) is 64.4 Å². The van der Waals surface area contributed by atoms with Crippen molar-refractivity contribution in [2.75, 3.05) is 18.4 Å². The second kappa shape index (κ2) is 12.6. The lowest BCUT2D eigenvalue weighted by molar-refractivity contribution is -0.120. The van der Waals surface area contributed by atoms with Crippen LogP contribution in [0.3, 0.4) is 0 Å². The van der Waals surface area contributed by atoms with Crippen molar-refractivity contribution >= 4 is 32.9 Å². The number of hydrogen-bond donors (Lipinski definition) is 4. The molecule has 0 spiro atoms. The molecule has 0 unspecified atom stereocenters. The summed E-state index contributed by atoms with van der Waals surface area (Å²) in [5.74, 6) is 0.233. The largest absolute Gasteiger partial charge is 0.393 e. The van der Waals surface area contributed by atoms with Gasteiger partial charge in [0.2, 0.25) is 21.9 Å². The van der Waals surface area contributed by atoms with Gasteiger partial charge in [-0.15, -0.1) is 0 Å². The number of aliphatic hydroxyl groups excluding tert-OH is 1. The summed E-state index contributed by atoms with van der Waals surface area (Å²) < 4.78 is 30.1. The first kappa shape index (κ1) is 28.4. The molecule has 0 radical (unpaired) electrons. The highest BCUT2D eigenvalue weighted by Gasteiger charge is 2.26. The number of fused-ring (bicyclic) bond motifs is 1. The van der Waals surface area contributed by atoms with E-state index in [2.05, 4.69) is 27.3 Å². The smallest absolute Gasteiger partial charge is 0.241 e. The van der Waals surface area contributed by atoms with E-state index < -0.39 is 10.0 Å². The molecule has 2 aromatic heterocycles. The van der Waals surface area contributed by atoms with Gasteiger partial charge in [0.1, 0.15) is 5.69 Å².